The van der Waals surface area contributed by atoms with E-state index < -0.39 is 8.07 Å². The van der Waals surface area contributed by atoms with Crippen LogP contribution in [0.2, 0.25) is 19.6 Å². The monoisotopic (exact) mass is 707 g/mol. The summed E-state index contributed by atoms with van der Waals surface area (Å²) in [5.74, 6) is 1.60. The number of hydrogen-bond acceptors (Lipinski definition) is 3. The molecule has 6 aromatic rings. The Morgan fingerprint density at radius 3 is 2.00 bits per heavy atom. The number of aromatic nitrogens is 3. The largest absolute Gasteiger partial charge is 0.507 e. The maximum atomic E-state index is 12.1. The highest BCUT2D eigenvalue weighted by Crippen LogP contribution is 2.45. The number of aryl methyl sites for hydroxylation is 2. The summed E-state index contributed by atoms with van der Waals surface area (Å²) in [6.07, 6.45) is 3.20. The van der Waals surface area contributed by atoms with E-state index in [0.29, 0.717) is 5.92 Å². The Morgan fingerprint density at radius 2 is 1.38 bits per heavy atom. The van der Waals surface area contributed by atoms with Crippen molar-refractivity contribution in [2.75, 3.05) is 0 Å². The Morgan fingerprint density at radius 1 is 0.750 bits per heavy atom. The summed E-state index contributed by atoms with van der Waals surface area (Å²) in [4.78, 5) is 10.6. The molecule has 52 heavy (non-hydrogen) atoms. The lowest BCUT2D eigenvalue weighted by Crippen LogP contribution is -2.40. The van der Waals surface area contributed by atoms with E-state index >= 15 is 0 Å². The standard InChI is InChI=1S/C47H57N3OSi/c1-29(2)23-34-25-39(48-28-41(34)52(11,12)13)33-20-15-19-32(24-33)36-21-16-22-40-42(36)49-45(50(40)43-30(3)17-14-18-31(43)4)37-26-35(46(5,6)7)27-38(44(37)51)47(8,9)10/h14-22,24-29,51H,23H2,1-13H3. The van der Waals surface area contributed by atoms with E-state index in [2.05, 4.69) is 179 Å². The lowest BCUT2D eigenvalue weighted by atomic mass is 9.79. The zero-order valence-electron chi connectivity index (χ0n) is 33.7. The number of nitrogens with zero attached hydrogens (tertiary/aromatic N) is 3. The Balaban J connectivity index is 1.63. The van der Waals surface area contributed by atoms with Crippen molar-refractivity contribution in [3.05, 3.63) is 113 Å². The van der Waals surface area contributed by atoms with Crippen LogP contribution in [0.25, 0.3) is 50.5 Å². The number of fused-ring (bicyclic) bond motifs is 1. The third kappa shape index (κ3) is 7.13. The fourth-order valence-electron chi connectivity index (χ4n) is 7.49. The molecule has 0 aliphatic heterocycles. The first kappa shape index (κ1) is 37.3. The second-order valence-electron chi connectivity index (χ2n) is 18.3. The molecule has 5 heteroatoms. The summed E-state index contributed by atoms with van der Waals surface area (Å²) in [5, 5.41) is 13.6. The molecule has 0 bridgehead atoms. The van der Waals surface area contributed by atoms with Crippen LogP contribution < -0.4 is 5.19 Å². The number of aromatic hydroxyl groups is 1. The Hall–Kier alpha value is -4.48. The third-order valence-corrected chi connectivity index (χ3v) is 12.3. The molecule has 0 radical (unpaired) electrons. The summed E-state index contributed by atoms with van der Waals surface area (Å²) < 4.78 is 2.27. The molecule has 2 aromatic heterocycles. The van der Waals surface area contributed by atoms with Gasteiger partial charge in [0.1, 0.15) is 11.6 Å². The molecular weight excluding hydrogens is 651 g/mol. The number of benzene rings is 4. The van der Waals surface area contributed by atoms with Gasteiger partial charge in [-0.15, -0.1) is 0 Å². The first-order valence-electron chi connectivity index (χ1n) is 18.8. The van der Waals surface area contributed by atoms with Crippen LogP contribution in [0.4, 0.5) is 0 Å². The molecule has 0 fully saturated rings. The number of phenols is 1. The molecular formula is C47H57N3OSi. The van der Waals surface area contributed by atoms with Crippen molar-refractivity contribution in [3.63, 3.8) is 0 Å². The van der Waals surface area contributed by atoms with Crippen molar-refractivity contribution in [1.29, 1.82) is 0 Å². The number of rotatable bonds is 7. The van der Waals surface area contributed by atoms with Crippen molar-refractivity contribution < 1.29 is 5.11 Å². The molecule has 270 valence electrons. The predicted molar refractivity (Wildman–Crippen MR) is 225 cm³/mol. The molecule has 6 rings (SSSR count). The van der Waals surface area contributed by atoms with Crippen LogP contribution in [0.3, 0.4) is 0 Å². The van der Waals surface area contributed by atoms with Gasteiger partial charge in [0.2, 0.25) is 0 Å². The molecule has 0 amide bonds. The second-order valence-corrected chi connectivity index (χ2v) is 23.3. The lowest BCUT2D eigenvalue weighted by molar-refractivity contribution is 0.446. The van der Waals surface area contributed by atoms with Gasteiger partial charge >= 0.3 is 0 Å². The maximum Gasteiger partial charge on any atom is 0.149 e. The maximum absolute atomic E-state index is 12.1. The minimum atomic E-state index is -1.55. The molecule has 4 aromatic carbocycles. The van der Waals surface area contributed by atoms with E-state index in [0.717, 1.165) is 73.6 Å². The Bertz CT molecular complexity index is 2270. The van der Waals surface area contributed by atoms with E-state index in [4.69, 9.17) is 9.97 Å². The van der Waals surface area contributed by atoms with Crippen LogP contribution >= 0.6 is 0 Å². The molecule has 0 saturated heterocycles. The quantitative estimate of drug-likeness (QED) is 0.168. The average molecular weight is 708 g/mol. The van der Waals surface area contributed by atoms with Gasteiger partial charge in [0, 0.05) is 22.9 Å². The second kappa shape index (κ2) is 13.5. The SMILES string of the molecule is Cc1cccc(C)c1-n1c(-c2cc(C(C)(C)C)cc(C(C)(C)C)c2O)nc2c(-c3cccc(-c4cc(CC(C)C)c([Si](C)(C)C)cn4)c3)cccc21. The molecule has 0 aliphatic rings. The zero-order valence-corrected chi connectivity index (χ0v) is 34.7. The van der Waals surface area contributed by atoms with E-state index in [1.807, 2.05) is 0 Å². The molecule has 2 heterocycles. The molecule has 0 aliphatic carbocycles. The number of pyridine rings is 1. The number of hydrogen-bond donors (Lipinski definition) is 1. The van der Waals surface area contributed by atoms with Crippen molar-refractivity contribution in [3.8, 4) is 45.2 Å². The topological polar surface area (TPSA) is 50.9 Å². The highest BCUT2D eigenvalue weighted by Gasteiger charge is 2.29. The van der Waals surface area contributed by atoms with Crippen LogP contribution in [0.1, 0.15) is 83.2 Å². The van der Waals surface area contributed by atoms with Crippen molar-refractivity contribution in [2.45, 2.75) is 106 Å². The van der Waals surface area contributed by atoms with Gasteiger partial charge in [0.05, 0.1) is 36.1 Å². The summed E-state index contributed by atoms with van der Waals surface area (Å²) in [7, 11) is -1.55. The third-order valence-electron chi connectivity index (χ3n) is 10.3. The van der Waals surface area contributed by atoms with Crippen LogP contribution in [0.5, 0.6) is 5.75 Å². The first-order valence-corrected chi connectivity index (χ1v) is 22.3. The van der Waals surface area contributed by atoms with Crippen molar-refractivity contribution in [2.24, 2.45) is 5.92 Å². The van der Waals surface area contributed by atoms with E-state index in [-0.39, 0.29) is 16.6 Å². The van der Waals surface area contributed by atoms with Gasteiger partial charge < -0.3 is 5.11 Å². The van der Waals surface area contributed by atoms with Crippen molar-refractivity contribution >= 4 is 24.3 Å². The van der Waals surface area contributed by atoms with Gasteiger partial charge in [-0.05, 0) is 94.3 Å². The van der Waals surface area contributed by atoms with Crippen LogP contribution in [0.15, 0.2) is 85.1 Å². The Kier molecular flexibility index (Phi) is 9.67. The summed E-state index contributed by atoms with van der Waals surface area (Å²) in [6.45, 7) is 29.3. The Labute approximate surface area is 313 Å². The van der Waals surface area contributed by atoms with Crippen LogP contribution in [-0.4, -0.2) is 27.7 Å². The minimum Gasteiger partial charge on any atom is -0.507 e. The lowest BCUT2D eigenvalue weighted by Gasteiger charge is -2.27. The highest BCUT2D eigenvalue weighted by atomic mass is 28.3. The van der Waals surface area contributed by atoms with Gasteiger partial charge in [-0.25, -0.2) is 4.98 Å². The van der Waals surface area contributed by atoms with Gasteiger partial charge in [-0.2, -0.15) is 0 Å². The highest BCUT2D eigenvalue weighted by molar-refractivity contribution is 6.89. The van der Waals surface area contributed by atoms with E-state index in [1.165, 1.54) is 16.3 Å². The molecule has 0 atom stereocenters. The number of imidazole rings is 1. The zero-order chi connectivity index (χ0) is 37.9. The molecule has 1 N–H and O–H groups in total. The van der Waals surface area contributed by atoms with Crippen LogP contribution in [-0.2, 0) is 17.3 Å². The summed E-state index contributed by atoms with van der Waals surface area (Å²) in [6, 6.07) is 28.3. The van der Waals surface area contributed by atoms with Gasteiger partial charge in [-0.1, -0.05) is 130 Å². The van der Waals surface area contributed by atoms with Gasteiger partial charge in [0.15, 0.2) is 0 Å². The normalized spacial score (nSPS) is 12.7. The fraction of sp³-hybridized carbons (Fsp3) is 0.362. The first-order chi connectivity index (χ1) is 24.3. The number of phenolic OH excluding ortho intramolecular Hbond substituents is 1. The molecule has 0 spiro atoms. The van der Waals surface area contributed by atoms with Crippen molar-refractivity contribution in [1.82, 2.24) is 14.5 Å². The van der Waals surface area contributed by atoms with E-state index in [9.17, 15) is 5.11 Å². The fourth-order valence-corrected chi connectivity index (χ4v) is 9.08. The van der Waals surface area contributed by atoms with Gasteiger partial charge in [-0.3, -0.25) is 9.55 Å². The summed E-state index contributed by atoms with van der Waals surface area (Å²) in [5.41, 5.74) is 13.4. The number of para-hydroxylation sites is 2. The molecule has 0 saturated carbocycles. The average Bonchev–Trinajstić information content (AvgIpc) is 3.42. The summed E-state index contributed by atoms with van der Waals surface area (Å²) >= 11 is 0. The predicted octanol–water partition coefficient (Wildman–Crippen LogP) is 12.1. The van der Waals surface area contributed by atoms with E-state index in [1.54, 1.807) is 0 Å². The van der Waals surface area contributed by atoms with Gasteiger partial charge in [0.25, 0.3) is 0 Å². The minimum absolute atomic E-state index is 0.125. The molecule has 4 nitrogen and oxygen atoms in total. The smallest absolute Gasteiger partial charge is 0.149 e. The van der Waals surface area contributed by atoms with Crippen LogP contribution in [0, 0.1) is 19.8 Å². The molecule has 0 unspecified atom stereocenters.